The average molecular weight is 276 g/mol. The Morgan fingerprint density at radius 3 is 2.70 bits per heavy atom. The molecule has 0 radical (unpaired) electrons. The molecule has 2 amide bonds. The van der Waals surface area contributed by atoms with Crippen LogP contribution in [0.15, 0.2) is 0 Å². The van der Waals surface area contributed by atoms with Crippen LogP contribution in [0.5, 0.6) is 0 Å². The monoisotopic (exact) mass is 276 g/mol. The minimum Gasteiger partial charge on any atom is -0.344 e. The highest BCUT2D eigenvalue weighted by Crippen LogP contribution is 2.28. The van der Waals surface area contributed by atoms with Crippen LogP contribution in [0.25, 0.3) is 0 Å². The van der Waals surface area contributed by atoms with Crippen molar-refractivity contribution in [3.05, 3.63) is 0 Å². The van der Waals surface area contributed by atoms with E-state index in [0.29, 0.717) is 25.3 Å². The van der Waals surface area contributed by atoms with E-state index in [0.717, 1.165) is 25.7 Å². The Hall–Kier alpha value is -1.50. The second-order valence-electron chi connectivity index (χ2n) is 5.98. The molecule has 0 aromatic carbocycles. The van der Waals surface area contributed by atoms with E-state index in [1.807, 2.05) is 6.92 Å². The van der Waals surface area contributed by atoms with Gasteiger partial charge in [0.25, 0.3) is 0 Å². The number of terminal acetylenes is 1. The van der Waals surface area contributed by atoms with Crippen molar-refractivity contribution in [1.82, 2.24) is 10.2 Å². The van der Waals surface area contributed by atoms with Gasteiger partial charge in [-0.2, -0.15) is 0 Å². The first-order valence-electron chi connectivity index (χ1n) is 7.66. The molecule has 2 aliphatic rings. The molecular formula is C16H24N2O2. The van der Waals surface area contributed by atoms with Gasteiger partial charge >= 0.3 is 0 Å². The number of carbonyl (C=O) groups is 2. The number of amides is 2. The fourth-order valence-electron chi connectivity index (χ4n) is 3.32. The number of carbonyl (C=O) groups excluding carboxylic acids is 2. The zero-order valence-corrected chi connectivity index (χ0v) is 12.2. The van der Waals surface area contributed by atoms with Crippen molar-refractivity contribution in [3.63, 3.8) is 0 Å². The third-order valence-electron chi connectivity index (χ3n) is 4.51. The van der Waals surface area contributed by atoms with E-state index in [1.165, 1.54) is 6.42 Å². The normalized spacial score (nSPS) is 26.6. The molecule has 110 valence electrons. The van der Waals surface area contributed by atoms with Crippen LogP contribution in [-0.2, 0) is 9.59 Å². The summed E-state index contributed by atoms with van der Waals surface area (Å²) in [4.78, 5) is 26.4. The Kier molecular flexibility index (Phi) is 5.05. The summed E-state index contributed by atoms with van der Waals surface area (Å²) in [5.41, 5.74) is 0. The zero-order chi connectivity index (χ0) is 14.5. The predicted molar refractivity (Wildman–Crippen MR) is 77.7 cm³/mol. The Balaban J connectivity index is 2.14. The van der Waals surface area contributed by atoms with Crippen molar-refractivity contribution in [2.24, 2.45) is 5.92 Å². The maximum absolute atomic E-state index is 12.7. The Morgan fingerprint density at radius 2 is 2.05 bits per heavy atom. The Bertz CT molecular complexity index is 407. The average Bonchev–Trinajstić information content (AvgIpc) is 2.60. The minimum absolute atomic E-state index is 0.00582. The van der Waals surface area contributed by atoms with Crippen LogP contribution in [0.3, 0.4) is 0 Å². The summed E-state index contributed by atoms with van der Waals surface area (Å²) in [5.74, 6) is 2.95. The van der Waals surface area contributed by atoms with Gasteiger partial charge in [-0.3, -0.25) is 9.59 Å². The van der Waals surface area contributed by atoms with Gasteiger partial charge in [0.1, 0.15) is 6.04 Å². The molecule has 1 saturated carbocycles. The molecule has 4 heteroatoms. The molecule has 2 unspecified atom stereocenters. The van der Waals surface area contributed by atoms with Crippen molar-refractivity contribution in [2.75, 3.05) is 6.54 Å². The second-order valence-corrected chi connectivity index (χ2v) is 5.98. The molecule has 1 saturated heterocycles. The Labute approximate surface area is 121 Å². The molecule has 1 aliphatic heterocycles. The molecule has 4 nitrogen and oxygen atoms in total. The third-order valence-corrected chi connectivity index (χ3v) is 4.51. The van der Waals surface area contributed by atoms with Crippen LogP contribution in [0, 0.1) is 18.3 Å². The molecule has 0 spiro atoms. The first-order chi connectivity index (χ1) is 9.63. The highest BCUT2D eigenvalue weighted by atomic mass is 16.2. The molecule has 2 rings (SSSR count). The molecular weight excluding hydrogens is 252 g/mol. The summed E-state index contributed by atoms with van der Waals surface area (Å²) in [7, 11) is 0. The van der Waals surface area contributed by atoms with Crippen molar-refractivity contribution in [1.29, 1.82) is 0 Å². The molecule has 20 heavy (non-hydrogen) atoms. The summed E-state index contributed by atoms with van der Waals surface area (Å²) in [6.45, 7) is 2.45. The predicted octanol–water partition coefficient (Wildman–Crippen LogP) is 1.70. The number of hydrogen-bond acceptors (Lipinski definition) is 2. The molecule has 1 aliphatic carbocycles. The van der Waals surface area contributed by atoms with E-state index in [1.54, 1.807) is 4.90 Å². The van der Waals surface area contributed by atoms with Crippen molar-refractivity contribution < 1.29 is 9.59 Å². The highest BCUT2D eigenvalue weighted by Gasteiger charge is 2.37. The fourth-order valence-corrected chi connectivity index (χ4v) is 3.32. The van der Waals surface area contributed by atoms with Crippen LogP contribution in [-0.4, -0.2) is 35.3 Å². The lowest BCUT2D eigenvalue weighted by Gasteiger charge is -2.34. The topological polar surface area (TPSA) is 49.4 Å². The highest BCUT2D eigenvalue weighted by molar-refractivity contribution is 5.90. The fraction of sp³-hybridized carbons (Fsp3) is 0.750. The van der Waals surface area contributed by atoms with E-state index in [2.05, 4.69) is 11.2 Å². The van der Waals surface area contributed by atoms with E-state index < -0.39 is 0 Å². The van der Waals surface area contributed by atoms with Crippen LogP contribution in [0.2, 0.25) is 0 Å². The van der Waals surface area contributed by atoms with Crippen LogP contribution >= 0.6 is 0 Å². The Morgan fingerprint density at radius 1 is 1.35 bits per heavy atom. The van der Waals surface area contributed by atoms with Gasteiger partial charge in [-0.05, 0) is 25.7 Å². The van der Waals surface area contributed by atoms with Crippen LogP contribution < -0.4 is 5.32 Å². The third kappa shape index (κ3) is 3.33. The van der Waals surface area contributed by atoms with Gasteiger partial charge in [0.05, 0.1) is 0 Å². The van der Waals surface area contributed by atoms with Crippen molar-refractivity contribution in [3.8, 4) is 12.3 Å². The quantitative estimate of drug-likeness (QED) is 0.798. The molecule has 2 fully saturated rings. The smallest absolute Gasteiger partial charge is 0.245 e. The second kappa shape index (κ2) is 6.78. The SMILES string of the molecule is C#CCC(C)N1CCC(=O)NC(C2CCCCC2)C1=O. The summed E-state index contributed by atoms with van der Waals surface area (Å²) in [6.07, 6.45) is 11.9. The number of nitrogens with one attached hydrogen (secondary N) is 1. The summed E-state index contributed by atoms with van der Waals surface area (Å²) in [6, 6.07) is -0.336. The molecule has 0 bridgehead atoms. The van der Waals surface area contributed by atoms with Gasteiger partial charge < -0.3 is 10.2 Å². The molecule has 0 aromatic rings. The first-order valence-corrected chi connectivity index (χ1v) is 7.66. The summed E-state index contributed by atoms with van der Waals surface area (Å²) in [5, 5.41) is 2.94. The number of hydrogen-bond donors (Lipinski definition) is 1. The first kappa shape index (κ1) is 14.9. The van der Waals surface area contributed by atoms with Crippen LogP contribution in [0.1, 0.15) is 51.9 Å². The number of nitrogens with zero attached hydrogens (tertiary/aromatic N) is 1. The number of rotatable bonds is 3. The van der Waals surface area contributed by atoms with Gasteiger partial charge in [-0.15, -0.1) is 12.3 Å². The van der Waals surface area contributed by atoms with Gasteiger partial charge in [-0.1, -0.05) is 19.3 Å². The van der Waals surface area contributed by atoms with Gasteiger partial charge in [-0.25, -0.2) is 0 Å². The molecule has 0 aromatic heterocycles. The lowest BCUT2D eigenvalue weighted by Crippen LogP contribution is -2.51. The molecule has 1 N–H and O–H groups in total. The van der Waals surface area contributed by atoms with Crippen molar-refractivity contribution >= 4 is 11.8 Å². The maximum Gasteiger partial charge on any atom is 0.245 e. The lowest BCUT2D eigenvalue weighted by atomic mass is 9.83. The van der Waals surface area contributed by atoms with Gasteiger partial charge in [0, 0.05) is 25.4 Å². The summed E-state index contributed by atoms with van der Waals surface area (Å²) >= 11 is 0. The molecule has 1 heterocycles. The van der Waals surface area contributed by atoms with E-state index in [9.17, 15) is 9.59 Å². The van der Waals surface area contributed by atoms with Crippen molar-refractivity contribution in [2.45, 2.75) is 64.0 Å². The lowest BCUT2D eigenvalue weighted by molar-refractivity contribution is -0.137. The van der Waals surface area contributed by atoms with Gasteiger partial charge in [0.2, 0.25) is 11.8 Å². The summed E-state index contributed by atoms with van der Waals surface area (Å²) < 4.78 is 0. The maximum atomic E-state index is 12.7. The standard InChI is InChI=1S/C16H24N2O2/c1-3-7-12(2)18-11-10-14(19)17-15(16(18)20)13-8-5-4-6-9-13/h1,12-13,15H,4-11H2,2H3,(H,17,19). The van der Waals surface area contributed by atoms with E-state index in [-0.39, 0.29) is 23.9 Å². The van der Waals surface area contributed by atoms with E-state index >= 15 is 0 Å². The van der Waals surface area contributed by atoms with E-state index in [4.69, 9.17) is 6.42 Å². The van der Waals surface area contributed by atoms with Gasteiger partial charge in [0.15, 0.2) is 0 Å². The molecule has 2 atom stereocenters. The zero-order valence-electron chi connectivity index (χ0n) is 12.2. The largest absolute Gasteiger partial charge is 0.344 e. The van der Waals surface area contributed by atoms with Crippen LogP contribution in [0.4, 0.5) is 0 Å². The minimum atomic E-state index is -0.342.